The zero-order valence-corrected chi connectivity index (χ0v) is 17.9. The Labute approximate surface area is 185 Å². The average Bonchev–Trinajstić information content (AvgIpc) is 3.16. The number of nitrogens with one attached hydrogen (secondary N) is 1. The first-order valence-corrected chi connectivity index (χ1v) is 11.3. The van der Waals surface area contributed by atoms with Crippen molar-refractivity contribution in [3.63, 3.8) is 0 Å². The molecule has 0 bridgehead atoms. The van der Waals surface area contributed by atoms with Gasteiger partial charge in [-0.1, -0.05) is 55.5 Å². The summed E-state index contributed by atoms with van der Waals surface area (Å²) in [5, 5.41) is 2.74. The first-order chi connectivity index (χ1) is 15.1. The molecule has 1 aliphatic rings. The maximum Gasteiger partial charge on any atom is 0.238 e. The maximum absolute atomic E-state index is 13.7. The maximum atomic E-state index is 13.7. The van der Waals surface area contributed by atoms with E-state index in [9.17, 15) is 14.0 Å². The number of hydrogen-bond donors (Lipinski definition) is 1. The summed E-state index contributed by atoms with van der Waals surface area (Å²) < 4.78 is 13.7. The third-order valence-corrected chi connectivity index (χ3v) is 6.53. The summed E-state index contributed by atoms with van der Waals surface area (Å²) in [4.78, 5) is 27.1. The zero-order valence-electron chi connectivity index (χ0n) is 17.1. The summed E-state index contributed by atoms with van der Waals surface area (Å²) in [6, 6.07) is 23.3. The second-order valence-electron chi connectivity index (χ2n) is 7.39. The van der Waals surface area contributed by atoms with Gasteiger partial charge in [-0.3, -0.25) is 14.5 Å². The molecule has 0 aliphatic carbocycles. The molecule has 0 saturated carbocycles. The number of carbonyl (C=O) groups is 2. The van der Waals surface area contributed by atoms with Crippen LogP contribution in [-0.2, 0) is 9.59 Å². The first-order valence-electron chi connectivity index (χ1n) is 10.2. The molecule has 3 aromatic rings. The van der Waals surface area contributed by atoms with Crippen LogP contribution in [0.1, 0.15) is 35.8 Å². The predicted molar refractivity (Wildman–Crippen MR) is 124 cm³/mol. The van der Waals surface area contributed by atoms with Crippen molar-refractivity contribution < 1.29 is 14.0 Å². The van der Waals surface area contributed by atoms with E-state index in [1.165, 1.54) is 23.9 Å². The highest BCUT2D eigenvalue weighted by Crippen LogP contribution is 2.42. The lowest BCUT2D eigenvalue weighted by Gasteiger charge is -2.25. The van der Waals surface area contributed by atoms with Crippen LogP contribution in [0.3, 0.4) is 0 Å². The Bertz CT molecular complexity index is 1090. The molecule has 0 aromatic heterocycles. The molecule has 1 fully saturated rings. The summed E-state index contributed by atoms with van der Waals surface area (Å²) in [6.45, 7) is 1.99. The van der Waals surface area contributed by atoms with E-state index in [2.05, 4.69) is 5.32 Å². The quantitative estimate of drug-likeness (QED) is 0.538. The summed E-state index contributed by atoms with van der Waals surface area (Å²) >= 11 is 1.49. The van der Waals surface area contributed by atoms with Crippen LogP contribution in [0.15, 0.2) is 78.9 Å². The van der Waals surface area contributed by atoms with Gasteiger partial charge >= 0.3 is 0 Å². The molecule has 158 valence electrons. The van der Waals surface area contributed by atoms with Crippen LogP contribution in [-0.4, -0.2) is 17.6 Å². The number of rotatable bonds is 6. The second kappa shape index (κ2) is 9.35. The highest BCUT2D eigenvalue weighted by Gasteiger charge is 2.34. The molecule has 31 heavy (non-hydrogen) atoms. The summed E-state index contributed by atoms with van der Waals surface area (Å²) in [5.41, 5.74) is 3.07. The lowest BCUT2D eigenvalue weighted by molar-refractivity contribution is -0.118. The van der Waals surface area contributed by atoms with Gasteiger partial charge in [0.05, 0.1) is 11.7 Å². The van der Waals surface area contributed by atoms with E-state index in [1.54, 1.807) is 17.0 Å². The van der Waals surface area contributed by atoms with E-state index >= 15 is 0 Å². The number of anilines is 2. The van der Waals surface area contributed by atoms with Gasteiger partial charge < -0.3 is 5.32 Å². The average molecular weight is 435 g/mol. The van der Waals surface area contributed by atoms with Gasteiger partial charge in [0.1, 0.15) is 11.2 Å². The van der Waals surface area contributed by atoms with Crippen molar-refractivity contribution >= 4 is 35.0 Å². The predicted octanol–water partition coefficient (Wildman–Crippen LogP) is 5.74. The summed E-state index contributed by atoms with van der Waals surface area (Å²) in [6.07, 6.45) is 0.690. The van der Waals surface area contributed by atoms with Crippen molar-refractivity contribution in [2.45, 2.75) is 24.6 Å². The minimum atomic E-state index is -0.381. The molecule has 1 saturated heterocycles. The number of amides is 2. The van der Waals surface area contributed by atoms with Crippen molar-refractivity contribution in [3.8, 4) is 0 Å². The molecule has 6 heteroatoms. The molecule has 1 aliphatic heterocycles. The Morgan fingerprint density at radius 3 is 2.61 bits per heavy atom. The smallest absolute Gasteiger partial charge is 0.238 e. The molecule has 0 radical (unpaired) electrons. The summed E-state index contributed by atoms with van der Waals surface area (Å²) in [5.74, 6) is -0.429. The molecule has 4 nitrogen and oxygen atoms in total. The van der Waals surface area contributed by atoms with Crippen molar-refractivity contribution in [3.05, 3.63) is 95.8 Å². The van der Waals surface area contributed by atoms with Crippen LogP contribution in [0.25, 0.3) is 0 Å². The molecule has 0 unspecified atom stereocenters. The second-order valence-corrected chi connectivity index (χ2v) is 8.46. The van der Waals surface area contributed by atoms with Gasteiger partial charge in [0.15, 0.2) is 0 Å². The lowest BCUT2D eigenvalue weighted by Crippen LogP contribution is -2.28. The first kappa shape index (κ1) is 21.1. The molecular weight excluding hydrogens is 411 g/mol. The van der Waals surface area contributed by atoms with Gasteiger partial charge in [0, 0.05) is 11.4 Å². The van der Waals surface area contributed by atoms with Gasteiger partial charge in [-0.25, -0.2) is 4.39 Å². The molecular formula is C25H23FN2O2S. The Hall–Kier alpha value is -3.12. The molecule has 2 atom stereocenters. The number of nitrogens with zero attached hydrogens (tertiary/aromatic N) is 1. The minimum Gasteiger partial charge on any atom is -0.326 e. The van der Waals surface area contributed by atoms with E-state index in [4.69, 9.17) is 0 Å². The third kappa shape index (κ3) is 4.64. The number of thioether (sulfide) groups is 1. The molecule has 4 rings (SSSR count). The van der Waals surface area contributed by atoms with Crippen LogP contribution in [0.4, 0.5) is 15.8 Å². The fourth-order valence-corrected chi connectivity index (χ4v) is 5.00. The van der Waals surface area contributed by atoms with Crippen molar-refractivity contribution in [1.82, 2.24) is 0 Å². The number of hydrogen-bond acceptors (Lipinski definition) is 3. The SMILES string of the molecule is CC[C@@H](C(=O)Nc1cccc([C@H]2SCC(=O)N2c2cccc(F)c2)c1)c1ccccc1. The van der Waals surface area contributed by atoms with Crippen molar-refractivity contribution in [1.29, 1.82) is 0 Å². The van der Waals surface area contributed by atoms with Crippen LogP contribution in [0.2, 0.25) is 0 Å². The minimum absolute atomic E-state index is 0.0647. The number of carbonyl (C=O) groups excluding carboxylic acids is 2. The molecule has 1 N–H and O–H groups in total. The van der Waals surface area contributed by atoms with E-state index < -0.39 is 0 Å². The highest BCUT2D eigenvalue weighted by molar-refractivity contribution is 8.00. The van der Waals surface area contributed by atoms with Crippen LogP contribution in [0.5, 0.6) is 0 Å². The monoisotopic (exact) mass is 434 g/mol. The van der Waals surface area contributed by atoms with Crippen molar-refractivity contribution in [2.24, 2.45) is 0 Å². The van der Waals surface area contributed by atoms with Crippen LogP contribution < -0.4 is 10.2 Å². The number of halogens is 1. The standard InChI is InChI=1S/C25H23FN2O2S/c1-2-22(17-8-4-3-5-9-17)24(30)27-20-12-6-10-18(14-20)25-28(23(29)16-31-25)21-13-7-11-19(26)15-21/h3-15,22,25H,2,16H2,1H3,(H,27,30)/t22-,25-/m1/s1. The van der Waals surface area contributed by atoms with Gasteiger partial charge in [-0.15, -0.1) is 11.8 Å². The Morgan fingerprint density at radius 1 is 1.10 bits per heavy atom. The zero-order chi connectivity index (χ0) is 21.8. The van der Waals surface area contributed by atoms with Gasteiger partial charge in [-0.2, -0.15) is 0 Å². The van der Waals surface area contributed by atoms with Gasteiger partial charge in [0.25, 0.3) is 0 Å². The molecule has 0 spiro atoms. The Balaban J connectivity index is 1.56. The normalized spacial score (nSPS) is 16.9. The highest BCUT2D eigenvalue weighted by atomic mass is 32.2. The van der Waals surface area contributed by atoms with E-state index in [-0.39, 0.29) is 28.9 Å². The molecule has 2 amide bonds. The van der Waals surface area contributed by atoms with Crippen molar-refractivity contribution in [2.75, 3.05) is 16.0 Å². The Morgan fingerprint density at radius 2 is 1.87 bits per heavy atom. The van der Waals surface area contributed by atoms with Crippen LogP contribution in [0, 0.1) is 5.82 Å². The number of benzene rings is 3. The fourth-order valence-electron chi connectivity index (χ4n) is 3.83. The molecule has 3 aromatic carbocycles. The molecule has 1 heterocycles. The van der Waals surface area contributed by atoms with Gasteiger partial charge in [-0.05, 0) is 47.9 Å². The fraction of sp³-hybridized carbons (Fsp3) is 0.200. The van der Waals surface area contributed by atoms with E-state index in [1.807, 2.05) is 61.5 Å². The van der Waals surface area contributed by atoms with Crippen LogP contribution >= 0.6 is 11.8 Å². The van der Waals surface area contributed by atoms with Gasteiger partial charge in [0.2, 0.25) is 11.8 Å². The lowest BCUT2D eigenvalue weighted by atomic mass is 9.95. The largest absolute Gasteiger partial charge is 0.326 e. The topological polar surface area (TPSA) is 49.4 Å². The summed E-state index contributed by atoms with van der Waals surface area (Å²) in [7, 11) is 0. The third-order valence-electron chi connectivity index (χ3n) is 5.32. The van der Waals surface area contributed by atoms with E-state index in [0.29, 0.717) is 23.5 Å². The van der Waals surface area contributed by atoms with E-state index in [0.717, 1.165) is 11.1 Å². The Kier molecular flexibility index (Phi) is 6.37.